The number of nitrogens with zero attached hydrogens (tertiary/aromatic N) is 6. The molecule has 4 aromatic rings. The number of carbonyl (C=O) groups is 1. The van der Waals surface area contributed by atoms with Gasteiger partial charge >= 0.3 is 6.03 Å². The van der Waals surface area contributed by atoms with Gasteiger partial charge in [-0.1, -0.05) is 30.3 Å². The van der Waals surface area contributed by atoms with Gasteiger partial charge in [0.1, 0.15) is 0 Å². The number of benzene rings is 2. The van der Waals surface area contributed by atoms with Gasteiger partial charge in [-0.25, -0.2) is 4.79 Å². The molecule has 1 fully saturated rings. The molecule has 0 unspecified atom stereocenters. The van der Waals surface area contributed by atoms with Crippen molar-refractivity contribution in [3.8, 4) is 11.3 Å². The number of carbonyl (C=O) groups excluding carboxylic acids is 1. The Bertz CT molecular complexity index is 1350. The minimum atomic E-state index is -0.230. The second kappa shape index (κ2) is 11.9. The average Bonchev–Trinajstić information content (AvgIpc) is 3.39. The van der Waals surface area contributed by atoms with Crippen LogP contribution in [0.4, 0.5) is 28.2 Å². The molecule has 1 saturated heterocycles. The van der Waals surface area contributed by atoms with Crippen molar-refractivity contribution in [2.45, 2.75) is 17.0 Å². The van der Waals surface area contributed by atoms with E-state index in [0.29, 0.717) is 35.1 Å². The second-order valence-electron chi connectivity index (χ2n) is 8.80. The van der Waals surface area contributed by atoms with Gasteiger partial charge in [0.25, 0.3) is 0 Å². The molecule has 1 aliphatic rings. The average molecular weight is 531 g/mol. The zero-order valence-electron chi connectivity index (χ0n) is 21.3. The molecule has 0 bridgehead atoms. The minimum absolute atomic E-state index is 0.230. The fourth-order valence-electron chi connectivity index (χ4n) is 3.91. The maximum atomic E-state index is 11.8. The zero-order chi connectivity index (χ0) is 26.3. The van der Waals surface area contributed by atoms with Gasteiger partial charge in [0.2, 0.25) is 11.9 Å². The first-order valence-electron chi connectivity index (χ1n) is 12.5. The van der Waals surface area contributed by atoms with Crippen molar-refractivity contribution in [1.82, 2.24) is 35.4 Å². The monoisotopic (exact) mass is 530 g/mol. The Morgan fingerprint density at radius 2 is 1.76 bits per heavy atom. The largest absolute Gasteiger partial charge is 0.338 e. The molecule has 0 spiro atoms. The summed E-state index contributed by atoms with van der Waals surface area (Å²) < 4.78 is 0. The summed E-state index contributed by atoms with van der Waals surface area (Å²) in [6.07, 6.45) is 0. The van der Waals surface area contributed by atoms with E-state index >= 15 is 0 Å². The molecule has 2 aromatic carbocycles. The van der Waals surface area contributed by atoms with E-state index in [4.69, 9.17) is 9.97 Å². The fourth-order valence-corrected chi connectivity index (χ4v) is 4.65. The SMILES string of the molecule is CCNC(=O)Nc1ccc(Sc2nc(Nc3cc(-c4ccccc4)[nH]n3)nc(N3CCN(C)CC3)n2)cc1. The van der Waals surface area contributed by atoms with E-state index in [1.165, 1.54) is 11.8 Å². The van der Waals surface area contributed by atoms with Gasteiger partial charge in [-0.05, 0) is 55.6 Å². The Morgan fingerprint density at radius 1 is 1.00 bits per heavy atom. The fraction of sp³-hybridized carbons (Fsp3) is 0.269. The van der Waals surface area contributed by atoms with Crippen LogP contribution in [-0.4, -0.2) is 75.9 Å². The highest BCUT2D eigenvalue weighted by Gasteiger charge is 2.19. The first kappa shape index (κ1) is 25.5. The first-order chi connectivity index (χ1) is 18.6. The summed E-state index contributed by atoms with van der Waals surface area (Å²) >= 11 is 1.44. The number of piperazine rings is 1. The van der Waals surface area contributed by atoms with Gasteiger partial charge in [-0.3, -0.25) is 5.10 Å². The lowest BCUT2D eigenvalue weighted by atomic mass is 10.2. The predicted molar refractivity (Wildman–Crippen MR) is 150 cm³/mol. The highest BCUT2D eigenvalue weighted by atomic mass is 32.2. The number of aromatic nitrogens is 5. The number of aromatic amines is 1. The lowest BCUT2D eigenvalue weighted by Gasteiger charge is -2.32. The van der Waals surface area contributed by atoms with E-state index in [1.54, 1.807) is 0 Å². The summed E-state index contributed by atoms with van der Waals surface area (Å²) in [5.41, 5.74) is 2.66. The number of H-pyrrole nitrogens is 1. The van der Waals surface area contributed by atoms with E-state index in [2.05, 4.69) is 48.0 Å². The number of anilines is 4. The van der Waals surface area contributed by atoms with E-state index in [0.717, 1.165) is 42.3 Å². The van der Waals surface area contributed by atoms with E-state index in [1.807, 2.05) is 67.6 Å². The number of rotatable bonds is 8. The van der Waals surface area contributed by atoms with Gasteiger partial charge < -0.3 is 25.8 Å². The Balaban J connectivity index is 1.36. The van der Waals surface area contributed by atoms with Crippen molar-refractivity contribution >= 4 is 41.2 Å². The Kier molecular flexibility index (Phi) is 8.00. The third-order valence-electron chi connectivity index (χ3n) is 5.95. The van der Waals surface area contributed by atoms with Gasteiger partial charge in [-0.2, -0.15) is 20.1 Å². The smallest absolute Gasteiger partial charge is 0.319 e. The predicted octanol–water partition coefficient (Wildman–Crippen LogP) is 4.05. The Morgan fingerprint density at radius 3 is 2.50 bits per heavy atom. The van der Waals surface area contributed by atoms with Crippen LogP contribution in [0.2, 0.25) is 0 Å². The van der Waals surface area contributed by atoms with Crippen LogP contribution in [0.1, 0.15) is 6.92 Å². The van der Waals surface area contributed by atoms with Crippen molar-refractivity contribution < 1.29 is 4.79 Å². The molecule has 0 aliphatic carbocycles. The normalized spacial score (nSPS) is 13.8. The van der Waals surface area contributed by atoms with Crippen LogP contribution in [0.5, 0.6) is 0 Å². The van der Waals surface area contributed by atoms with Gasteiger partial charge in [-0.15, -0.1) is 0 Å². The summed E-state index contributed by atoms with van der Waals surface area (Å²) in [5, 5.41) is 16.8. The summed E-state index contributed by atoms with van der Waals surface area (Å²) in [7, 11) is 2.12. The molecule has 11 nitrogen and oxygen atoms in total. The number of hydrogen-bond donors (Lipinski definition) is 4. The summed E-state index contributed by atoms with van der Waals surface area (Å²) in [6.45, 7) is 6.00. The number of likely N-dealkylation sites (N-methyl/N-ethyl adjacent to an activating group) is 1. The van der Waals surface area contributed by atoms with Crippen LogP contribution in [0.3, 0.4) is 0 Å². The van der Waals surface area contributed by atoms with Gasteiger partial charge in [0.15, 0.2) is 11.0 Å². The number of hydrogen-bond acceptors (Lipinski definition) is 9. The molecule has 38 heavy (non-hydrogen) atoms. The molecule has 5 rings (SSSR count). The maximum Gasteiger partial charge on any atom is 0.319 e. The molecular weight excluding hydrogens is 500 g/mol. The van der Waals surface area contributed by atoms with Crippen molar-refractivity contribution in [3.63, 3.8) is 0 Å². The topological polar surface area (TPSA) is 127 Å². The number of nitrogens with one attached hydrogen (secondary N) is 4. The number of amides is 2. The maximum absolute atomic E-state index is 11.8. The van der Waals surface area contributed by atoms with Crippen LogP contribution in [0.25, 0.3) is 11.3 Å². The van der Waals surface area contributed by atoms with Crippen LogP contribution in [-0.2, 0) is 0 Å². The van der Waals surface area contributed by atoms with E-state index in [9.17, 15) is 4.79 Å². The quantitative estimate of drug-likeness (QED) is 0.267. The summed E-state index contributed by atoms with van der Waals surface area (Å²) in [4.78, 5) is 31.4. The van der Waals surface area contributed by atoms with Crippen molar-refractivity contribution in [3.05, 3.63) is 60.7 Å². The molecule has 2 aromatic heterocycles. The third-order valence-corrected chi connectivity index (χ3v) is 6.82. The van der Waals surface area contributed by atoms with E-state index in [-0.39, 0.29) is 6.03 Å². The van der Waals surface area contributed by atoms with Crippen LogP contribution >= 0.6 is 11.8 Å². The molecule has 196 valence electrons. The van der Waals surface area contributed by atoms with Gasteiger partial charge in [0, 0.05) is 49.4 Å². The minimum Gasteiger partial charge on any atom is -0.338 e. The Hall–Kier alpha value is -4.16. The lowest BCUT2D eigenvalue weighted by molar-refractivity contribution is 0.252. The summed E-state index contributed by atoms with van der Waals surface area (Å²) in [6, 6.07) is 19.3. The highest BCUT2D eigenvalue weighted by molar-refractivity contribution is 7.99. The molecule has 12 heteroatoms. The van der Waals surface area contributed by atoms with Crippen LogP contribution in [0, 0.1) is 0 Å². The zero-order valence-corrected chi connectivity index (χ0v) is 22.1. The summed E-state index contributed by atoms with van der Waals surface area (Å²) in [5.74, 6) is 1.68. The van der Waals surface area contributed by atoms with Crippen molar-refractivity contribution in [2.24, 2.45) is 0 Å². The lowest BCUT2D eigenvalue weighted by Crippen LogP contribution is -2.45. The molecular formula is C26H30N10OS. The van der Waals surface area contributed by atoms with Crippen molar-refractivity contribution in [2.75, 3.05) is 55.3 Å². The van der Waals surface area contributed by atoms with Crippen LogP contribution in [0.15, 0.2) is 70.7 Å². The standard InChI is InChI=1S/C26H30N10OS/c1-3-27-25(37)28-19-9-11-20(12-10-19)38-26-31-23(30-24(32-26)36-15-13-35(2)14-16-36)29-22-17-21(33-34-22)18-7-5-4-6-8-18/h4-12,17H,3,13-16H2,1-2H3,(H2,27,28,37)(H2,29,30,31,32,33,34). The van der Waals surface area contributed by atoms with Gasteiger partial charge in [0.05, 0.1) is 5.69 Å². The molecule has 2 amide bonds. The molecule has 1 aliphatic heterocycles. The number of urea groups is 1. The Labute approximate surface area is 225 Å². The molecule has 0 atom stereocenters. The molecule has 3 heterocycles. The van der Waals surface area contributed by atoms with E-state index < -0.39 is 0 Å². The van der Waals surface area contributed by atoms with Crippen LogP contribution < -0.4 is 20.9 Å². The second-order valence-corrected chi connectivity index (χ2v) is 9.84. The first-order valence-corrected chi connectivity index (χ1v) is 13.3. The third kappa shape index (κ3) is 6.58. The molecule has 0 saturated carbocycles. The van der Waals surface area contributed by atoms with Crippen molar-refractivity contribution in [1.29, 1.82) is 0 Å². The molecule has 4 N–H and O–H groups in total. The highest BCUT2D eigenvalue weighted by Crippen LogP contribution is 2.29. The molecule has 0 radical (unpaired) electrons.